The van der Waals surface area contributed by atoms with E-state index in [0.29, 0.717) is 5.16 Å². The number of anilines is 2. The molecule has 1 amide bonds. The highest BCUT2D eigenvalue weighted by Gasteiger charge is 2.14. The molecule has 3 aromatic rings. The van der Waals surface area contributed by atoms with Gasteiger partial charge in [-0.15, -0.1) is 5.10 Å². The van der Waals surface area contributed by atoms with Crippen LogP contribution < -0.4 is 10.2 Å². The Labute approximate surface area is 179 Å². The first kappa shape index (κ1) is 20.4. The largest absolute Gasteiger partial charge is 0.378 e. The first-order valence-electron chi connectivity index (χ1n) is 9.82. The molecule has 1 fully saturated rings. The first-order chi connectivity index (χ1) is 14.6. The van der Waals surface area contributed by atoms with E-state index in [9.17, 15) is 4.79 Å². The van der Waals surface area contributed by atoms with Crippen LogP contribution in [0.2, 0.25) is 0 Å². The van der Waals surface area contributed by atoms with Crippen LogP contribution in [-0.2, 0) is 9.53 Å². The van der Waals surface area contributed by atoms with Gasteiger partial charge in [0.15, 0.2) is 0 Å². The fourth-order valence-electron chi connectivity index (χ4n) is 3.29. The predicted octanol–water partition coefficient (Wildman–Crippen LogP) is 2.85. The summed E-state index contributed by atoms with van der Waals surface area (Å²) in [6.07, 6.45) is 0. The fraction of sp³-hybridized carbons (Fsp3) is 0.333. The standard InChI is InChI=1S/C21H24N6O2S/c1-15-4-3-5-19(16(15)2)27-21(23-24-25-27)30-14-20(28)22-17-6-8-18(9-7-17)26-10-12-29-13-11-26/h3-9H,10-14H2,1-2H3,(H,22,28). The summed E-state index contributed by atoms with van der Waals surface area (Å²) in [4.78, 5) is 14.7. The van der Waals surface area contributed by atoms with Crippen molar-refractivity contribution in [1.82, 2.24) is 20.2 Å². The molecule has 4 rings (SSSR count). The number of carbonyl (C=O) groups is 1. The van der Waals surface area contributed by atoms with Crippen molar-refractivity contribution in [3.8, 4) is 5.69 Å². The third-order valence-electron chi connectivity index (χ3n) is 5.10. The Kier molecular flexibility index (Phi) is 6.29. The van der Waals surface area contributed by atoms with Crippen molar-refractivity contribution in [2.75, 3.05) is 42.3 Å². The van der Waals surface area contributed by atoms with Gasteiger partial charge in [-0.2, -0.15) is 4.68 Å². The van der Waals surface area contributed by atoms with Gasteiger partial charge in [-0.25, -0.2) is 0 Å². The highest BCUT2D eigenvalue weighted by atomic mass is 32.2. The number of aromatic nitrogens is 4. The monoisotopic (exact) mass is 424 g/mol. The number of thioether (sulfide) groups is 1. The van der Waals surface area contributed by atoms with Crippen LogP contribution in [0.3, 0.4) is 0 Å². The zero-order valence-electron chi connectivity index (χ0n) is 17.0. The zero-order chi connectivity index (χ0) is 20.9. The molecule has 0 atom stereocenters. The number of rotatable bonds is 6. The minimum Gasteiger partial charge on any atom is -0.378 e. The molecular weight excluding hydrogens is 400 g/mol. The van der Waals surface area contributed by atoms with Gasteiger partial charge in [0, 0.05) is 24.5 Å². The first-order valence-corrected chi connectivity index (χ1v) is 10.8. The molecule has 0 spiro atoms. The molecule has 2 aromatic carbocycles. The van der Waals surface area contributed by atoms with Crippen LogP contribution in [0.1, 0.15) is 11.1 Å². The molecule has 0 bridgehead atoms. The number of carbonyl (C=O) groups excluding carboxylic acids is 1. The van der Waals surface area contributed by atoms with Crippen molar-refractivity contribution in [1.29, 1.82) is 0 Å². The molecule has 0 unspecified atom stereocenters. The van der Waals surface area contributed by atoms with E-state index in [2.05, 4.69) is 25.7 Å². The van der Waals surface area contributed by atoms with E-state index in [-0.39, 0.29) is 11.7 Å². The van der Waals surface area contributed by atoms with Gasteiger partial charge in [0.25, 0.3) is 0 Å². The van der Waals surface area contributed by atoms with Crippen LogP contribution in [0.5, 0.6) is 0 Å². The number of nitrogens with one attached hydrogen (secondary N) is 1. The number of aryl methyl sites for hydroxylation is 1. The summed E-state index contributed by atoms with van der Waals surface area (Å²) in [5.74, 6) is 0.117. The Morgan fingerprint density at radius 1 is 1.13 bits per heavy atom. The summed E-state index contributed by atoms with van der Waals surface area (Å²) in [7, 11) is 0. The van der Waals surface area contributed by atoms with E-state index in [0.717, 1.165) is 54.5 Å². The summed E-state index contributed by atoms with van der Waals surface area (Å²) >= 11 is 1.31. The molecule has 1 aromatic heterocycles. The van der Waals surface area contributed by atoms with Gasteiger partial charge in [0.05, 0.1) is 24.7 Å². The minimum absolute atomic E-state index is 0.102. The lowest BCUT2D eigenvalue weighted by atomic mass is 10.1. The maximum absolute atomic E-state index is 12.4. The number of benzene rings is 2. The number of amides is 1. The lowest BCUT2D eigenvalue weighted by Crippen LogP contribution is -2.36. The van der Waals surface area contributed by atoms with Gasteiger partial charge in [0.1, 0.15) is 0 Å². The van der Waals surface area contributed by atoms with Crippen molar-refractivity contribution in [3.05, 3.63) is 53.6 Å². The predicted molar refractivity (Wildman–Crippen MR) is 117 cm³/mol. The van der Waals surface area contributed by atoms with E-state index >= 15 is 0 Å². The number of morpholine rings is 1. The smallest absolute Gasteiger partial charge is 0.234 e. The molecule has 0 saturated carbocycles. The fourth-order valence-corrected chi connectivity index (χ4v) is 3.97. The number of hydrogen-bond acceptors (Lipinski definition) is 7. The highest BCUT2D eigenvalue weighted by Crippen LogP contribution is 2.23. The van der Waals surface area contributed by atoms with E-state index in [1.54, 1.807) is 4.68 Å². The lowest BCUT2D eigenvalue weighted by molar-refractivity contribution is -0.113. The Morgan fingerprint density at radius 2 is 1.90 bits per heavy atom. The molecule has 156 valence electrons. The van der Waals surface area contributed by atoms with Crippen LogP contribution >= 0.6 is 11.8 Å². The zero-order valence-corrected chi connectivity index (χ0v) is 17.9. The summed E-state index contributed by atoms with van der Waals surface area (Å²) in [5, 5.41) is 15.5. The Morgan fingerprint density at radius 3 is 2.67 bits per heavy atom. The SMILES string of the molecule is Cc1cccc(-n2nnnc2SCC(=O)Nc2ccc(N3CCOCC3)cc2)c1C. The normalized spacial score (nSPS) is 14.0. The van der Waals surface area contributed by atoms with Crippen LogP contribution in [0, 0.1) is 13.8 Å². The summed E-state index contributed by atoms with van der Waals surface area (Å²) < 4.78 is 7.07. The molecule has 1 aliphatic rings. The quantitative estimate of drug-likeness (QED) is 0.609. The van der Waals surface area contributed by atoms with Gasteiger partial charge < -0.3 is 15.0 Å². The van der Waals surface area contributed by atoms with E-state index < -0.39 is 0 Å². The van der Waals surface area contributed by atoms with Crippen molar-refractivity contribution in [3.63, 3.8) is 0 Å². The van der Waals surface area contributed by atoms with Gasteiger partial charge in [-0.3, -0.25) is 4.79 Å². The molecule has 2 heterocycles. The third kappa shape index (κ3) is 4.63. The second-order valence-corrected chi connectivity index (χ2v) is 8.02. The average Bonchev–Trinajstić information content (AvgIpc) is 3.24. The number of hydrogen-bond donors (Lipinski definition) is 1. The van der Waals surface area contributed by atoms with Crippen molar-refractivity contribution in [2.45, 2.75) is 19.0 Å². The van der Waals surface area contributed by atoms with Crippen molar-refractivity contribution < 1.29 is 9.53 Å². The molecule has 8 nitrogen and oxygen atoms in total. The van der Waals surface area contributed by atoms with Gasteiger partial charge in [0.2, 0.25) is 11.1 Å². The second-order valence-electron chi connectivity index (χ2n) is 7.08. The molecule has 9 heteroatoms. The van der Waals surface area contributed by atoms with Crippen LogP contribution in [0.15, 0.2) is 47.6 Å². The molecule has 1 saturated heterocycles. The van der Waals surface area contributed by atoms with Crippen molar-refractivity contribution in [2.24, 2.45) is 0 Å². The summed E-state index contributed by atoms with van der Waals surface area (Å²) in [5.41, 5.74) is 5.10. The molecular formula is C21H24N6O2S. The minimum atomic E-state index is -0.102. The van der Waals surface area contributed by atoms with Crippen LogP contribution in [0.4, 0.5) is 11.4 Å². The summed E-state index contributed by atoms with van der Waals surface area (Å²) in [6, 6.07) is 13.9. The van der Waals surface area contributed by atoms with E-state index in [4.69, 9.17) is 4.74 Å². The second kappa shape index (κ2) is 9.27. The molecule has 1 N–H and O–H groups in total. The Bertz CT molecular complexity index is 1010. The Balaban J connectivity index is 1.36. The average molecular weight is 425 g/mol. The maximum atomic E-state index is 12.4. The lowest BCUT2D eigenvalue weighted by Gasteiger charge is -2.28. The van der Waals surface area contributed by atoms with E-state index in [1.165, 1.54) is 11.8 Å². The van der Waals surface area contributed by atoms with Crippen LogP contribution in [0.25, 0.3) is 5.69 Å². The van der Waals surface area contributed by atoms with Gasteiger partial charge >= 0.3 is 0 Å². The number of nitrogens with zero attached hydrogens (tertiary/aromatic N) is 5. The Hall–Kier alpha value is -2.91. The molecule has 0 aliphatic carbocycles. The topological polar surface area (TPSA) is 85.2 Å². The van der Waals surface area contributed by atoms with Gasteiger partial charge in [-0.1, -0.05) is 23.9 Å². The third-order valence-corrected chi connectivity index (χ3v) is 6.02. The number of tetrazole rings is 1. The molecule has 30 heavy (non-hydrogen) atoms. The highest BCUT2D eigenvalue weighted by molar-refractivity contribution is 7.99. The van der Waals surface area contributed by atoms with E-state index in [1.807, 2.05) is 56.3 Å². The number of ether oxygens (including phenoxy) is 1. The molecule has 1 aliphatic heterocycles. The summed E-state index contributed by atoms with van der Waals surface area (Å²) in [6.45, 7) is 7.35. The van der Waals surface area contributed by atoms with Gasteiger partial charge in [-0.05, 0) is 65.7 Å². The molecule has 0 radical (unpaired) electrons. The van der Waals surface area contributed by atoms with Crippen molar-refractivity contribution >= 4 is 29.0 Å². The maximum Gasteiger partial charge on any atom is 0.234 e. The van der Waals surface area contributed by atoms with Crippen LogP contribution in [-0.4, -0.2) is 58.2 Å².